The molecule has 36 heavy (non-hydrogen) atoms. The van der Waals surface area contributed by atoms with Crippen LogP contribution in [0.4, 0.5) is 4.79 Å². The van der Waals surface area contributed by atoms with Crippen LogP contribution in [-0.2, 0) is 11.3 Å². The van der Waals surface area contributed by atoms with Crippen LogP contribution < -0.4 is 15.4 Å². The van der Waals surface area contributed by atoms with Gasteiger partial charge in [-0.15, -0.1) is 0 Å². The van der Waals surface area contributed by atoms with E-state index in [-0.39, 0.29) is 12.5 Å². The fourth-order valence-corrected chi connectivity index (χ4v) is 4.52. The number of imide groups is 1. The molecule has 1 aromatic carbocycles. The smallest absolute Gasteiger partial charge is 0.321 e. The largest absolute Gasteiger partial charge is 0.497 e. The molecule has 4 amide bonds. The van der Waals surface area contributed by atoms with Gasteiger partial charge >= 0.3 is 6.03 Å². The van der Waals surface area contributed by atoms with Crippen molar-refractivity contribution in [3.05, 3.63) is 58.9 Å². The Bertz CT molecular complexity index is 1130. The molecule has 1 atom stereocenters. The van der Waals surface area contributed by atoms with Gasteiger partial charge in [-0.1, -0.05) is 19.1 Å². The Kier molecular flexibility index (Phi) is 7.79. The Balaban J connectivity index is 1.49. The quantitative estimate of drug-likeness (QED) is 0.286. The van der Waals surface area contributed by atoms with Gasteiger partial charge in [0, 0.05) is 51.0 Å². The van der Waals surface area contributed by atoms with Crippen molar-refractivity contribution in [2.24, 2.45) is 0 Å². The van der Waals surface area contributed by atoms with Crippen LogP contribution in [0.5, 0.6) is 5.75 Å². The summed E-state index contributed by atoms with van der Waals surface area (Å²) in [6.07, 6.45) is 1.91. The Morgan fingerprint density at radius 3 is 2.64 bits per heavy atom. The first-order chi connectivity index (χ1) is 17.4. The summed E-state index contributed by atoms with van der Waals surface area (Å²) in [6.45, 7) is 7.07. The molecule has 0 aliphatic carbocycles. The van der Waals surface area contributed by atoms with Crippen LogP contribution in [0.1, 0.15) is 40.1 Å². The molecule has 4 rings (SSSR count). The number of nitrogens with zero attached hydrogens (tertiary/aromatic N) is 4. The molecule has 3 heterocycles. The highest BCUT2D eigenvalue weighted by atomic mass is 16.5. The molecule has 11 nitrogen and oxygen atoms in total. The highest BCUT2D eigenvalue weighted by Crippen LogP contribution is 2.28. The van der Waals surface area contributed by atoms with Crippen LogP contribution in [0.3, 0.4) is 0 Å². The summed E-state index contributed by atoms with van der Waals surface area (Å²) in [7, 11) is 1.55. The van der Waals surface area contributed by atoms with E-state index in [2.05, 4.69) is 27.4 Å². The Morgan fingerprint density at radius 2 is 2.00 bits per heavy atom. The molecule has 0 unspecified atom stereocenters. The third-order valence-corrected chi connectivity index (χ3v) is 6.66. The van der Waals surface area contributed by atoms with E-state index in [1.165, 1.54) is 0 Å². The number of amides is 4. The monoisotopic (exact) mass is 493 g/mol. The Morgan fingerprint density at radius 1 is 1.22 bits per heavy atom. The van der Waals surface area contributed by atoms with Crippen LogP contribution >= 0.6 is 0 Å². The van der Waals surface area contributed by atoms with Crippen molar-refractivity contribution in [1.29, 1.82) is 5.41 Å². The average Bonchev–Trinajstić information content (AvgIpc) is 3.22. The van der Waals surface area contributed by atoms with Crippen molar-refractivity contribution in [2.75, 3.05) is 46.4 Å². The summed E-state index contributed by atoms with van der Waals surface area (Å²) < 4.78 is 5.24. The molecule has 2 aliphatic rings. The standard InChI is InChI=1S/C25H31N7O4/c1-3-30-8-10-31(11-9-30)23(26)21-7-5-17(13-27-21)22(29-25(35)28-16-33)15-32-14-18-4-6-19(36-2)12-20(18)24(32)34/h4-7,12-13,16,22,26H,3,8-11,14-15H2,1-2H3,(H2,28,29,33,35)/t22-/m0/s1. The number of amidine groups is 1. The minimum atomic E-state index is -0.675. The van der Waals surface area contributed by atoms with Crippen LogP contribution in [-0.4, -0.2) is 90.2 Å². The van der Waals surface area contributed by atoms with Gasteiger partial charge in [0.05, 0.1) is 13.2 Å². The van der Waals surface area contributed by atoms with Crippen molar-refractivity contribution in [3.8, 4) is 5.75 Å². The van der Waals surface area contributed by atoms with E-state index in [1.54, 1.807) is 36.4 Å². The number of methoxy groups -OCH3 is 1. The Labute approximate surface area is 209 Å². The molecule has 1 aromatic heterocycles. The third-order valence-electron chi connectivity index (χ3n) is 6.66. The number of fused-ring (bicyclic) bond motifs is 1. The number of ether oxygens (including phenoxy) is 1. The molecule has 0 radical (unpaired) electrons. The molecule has 0 bridgehead atoms. The van der Waals surface area contributed by atoms with Gasteiger partial charge in [-0.3, -0.25) is 25.3 Å². The first-order valence-corrected chi connectivity index (χ1v) is 11.9. The second-order valence-electron chi connectivity index (χ2n) is 8.74. The topological polar surface area (TPSA) is 131 Å². The molecule has 3 N–H and O–H groups in total. The lowest BCUT2D eigenvalue weighted by Crippen LogP contribution is -2.48. The van der Waals surface area contributed by atoms with Crippen molar-refractivity contribution < 1.29 is 19.1 Å². The van der Waals surface area contributed by atoms with Gasteiger partial charge in [-0.25, -0.2) is 4.79 Å². The highest BCUT2D eigenvalue weighted by molar-refractivity contribution is 5.99. The molecule has 190 valence electrons. The molecule has 11 heteroatoms. The van der Waals surface area contributed by atoms with Gasteiger partial charge in [0.1, 0.15) is 17.3 Å². The van der Waals surface area contributed by atoms with Gasteiger partial charge in [-0.2, -0.15) is 0 Å². The summed E-state index contributed by atoms with van der Waals surface area (Å²) in [5.41, 5.74) is 2.64. The third kappa shape index (κ3) is 5.46. The van der Waals surface area contributed by atoms with Gasteiger partial charge < -0.3 is 24.8 Å². The van der Waals surface area contributed by atoms with Crippen molar-refractivity contribution in [1.82, 2.24) is 30.3 Å². The number of aromatic nitrogens is 1. The number of nitrogens with one attached hydrogen (secondary N) is 3. The fraction of sp³-hybridized carbons (Fsp3) is 0.400. The molecular weight excluding hydrogens is 462 g/mol. The average molecular weight is 494 g/mol. The van der Waals surface area contributed by atoms with Crippen LogP contribution in [0.25, 0.3) is 0 Å². The normalized spacial score (nSPS) is 16.3. The van der Waals surface area contributed by atoms with Gasteiger partial charge in [-0.05, 0) is 35.9 Å². The SMILES string of the molecule is CCN1CCN(C(=N)c2ccc([C@H](CN3Cc4ccc(OC)cc4C3=O)NC(=O)NC=O)cn2)CC1. The molecule has 2 aliphatic heterocycles. The van der Waals surface area contributed by atoms with Gasteiger partial charge in [0.15, 0.2) is 0 Å². The maximum absolute atomic E-state index is 13.0. The number of carbonyl (C=O) groups is 3. The maximum Gasteiger partial charge on any atom is 0.321 e. The summed E-state index contributed by atoms with van der Waals surface area (Å²) in [6, 6.07) is 7.63. The van der Waals surface area contributed by atoms with E-state index < -0.39 is 12.1 Å². The first kappa shape index (κ1) is 25.1. The number of hydrogen-bond acceptors (Lipinski definition) is 7. The lowest BCUT2D eigenvalue weighted by Gasteiger charge is -2.35. The molecule has 1 saturated heterocycles. The fourth-order valence-electron chi connectivity index (χ4n) is 4.52. The number of carbonyl (C=O) groups excluding carboxylic acids is 3. The molecule has 0 spiro atoms. The number of benzene rings is 1. The predicted octanol–water partition coefficient (Wildman–Crippen LogP) is 1.21. The molecule has 2 aromatic rings. The predicted molar refractivity (Wildman–Crippen MR) is 133 cm³/mol. The second-order valence-corrected chi connectivity index (χ2v) is 8.74. The number of hydrogen-bond donors (Lipinski definition) is 3. The molecule has 1 fully saturated rings. The van der Waals surface area contributed by atoms with E-state index in [1.807, 2.05) is 17.0 Å². The minimum Gasteiger partial charge on any atom is -0.497 e. The van der Waals surface area contributed by atoms with E-state index in [4.69, 9.17) is 10.1 Å². The number of urea groups is 1. The van der Waals surface area contributed by atoms with Crippen LogP contribution in [0.15, 0.2) is 36.5 Å². The number of piperazine rings is 1. The lowest BCUT2D eigenvalue weighted by molar-refractivity contribution is -0.108. The number of likely N-dealkylation sites (N-methyl/N-ethyl adjacent to an activating group) is 1. The Hall–Kier alpha value is -3.99. The van der Waals surface area contributed by atoms with Crippen LogP contribution in [0, 0.1) is 5.41 Å². The second kappa shape index (κ2) is 11.2. The lowest BCUT2D eigenvalue weighted by atomic mass is 10.1. The summed E-state index contributed by atoms with van der Waals surface area (Å²) >= 11 is 0. The molecular formula is C25H31N7O4. The summed E-state index contributed by atoms with van der Waals surface area (Å²) in [5, 5.41) is 13.4. The van der Waals surface area contributed by atoms with Crippen LogP contribution in [0.2, 0.25) is 0 Å². The first-order valence-electron chi connectivity index (χ1n) is 11.9. The van der Waals surface area contributed by atoms with Gasteiger partial charge in [0.25, 0.3) is 5.91 Å². The van der Waals surface area contributed by atoms with E-state index in [0.29, 0.717) is 41.4 Å². The highest BCUT2D eigenvalue weighted by Gasteiger charge is 2.31. The van der Waals surface area contributed by atoms with E-state index in [0.717, 1.165) is 38.3 Å². The zero-order valence-corrected chi connectivity index (χ0v) is 20.5. The van der Waals surface area contributed by atoms with E-state index in [9.17, 15) is 14.4 Å². The number of rotatable bonds is 8. The zero-order chi connectivity index (χ0) is 25.7. The zero-order valence-electron chi connectivity index (χ0n) is 20.5. The maximum atomic E-state index is 13.0. The minimum absolute atomic E-state index is 0.163. The van der Waals surface area contributed by atoms with E-state index >= 15 is 0 Å². The number of pyridine rings is 1. The molecule has 0 saturated carbocycles. The summed E-state index contributed by atoms with van der Waals surface area (Å²) in [4.78, 5) is 46.4. The van der Waals surface area contributed by atoms with Crippen molar-refractivity contribution >= 4 is 24.2 Å². The summed E-state index contributed by atoms with van der Waals surface area (Å²) in [5.74, 6) is 0.797. The van der Waals surface area contributed by atoms with Crippen molar-refractivity contribution in [3.63, 3.8) is 0 Å². The van der Waals surface area contributed by atoms with Crippen molar-refractivity contribution in [2.45, 2.75) is 19.5 Å². The van der Waals surface area contributed by atoms with Gasteiger partial charge in [0.2, 0.25) is 6.41 Å².